The zero-order valence-electron chi connectivity index (χ0n) is 19.3. The van der Waals surface area contributed by atoms with Crippen LogP contribution < -0.4 is 14.2 Å². The number of ether oxygens (including phenoxy) is 3. The number of hydrogen-bond acceptors (Lipinski definition) is 8. The van der Waals surface area contributed by atoms with Crippen molar-refractivity contribution in [3.63, 3.8) is 0 Å². The summed E-state index contributed by atoms with van der Waals surface area (Å²) in [7, 11) is 4.66. The number of benzene rings is 2. The molecule has 172 valence electrons. The molecule has 0 atom stereocenters. The van der Waals surface area contributed by atoms with Crippen molar-refractivity contribution < 1.29 is 14.2 Å². The van der Waals surface area contributed by atoms with E-state index in [0.29, 0.717) is 45.5 Å². The third-order valence-electron chi connectivity index (χ3n) is 5.48. The van der Waals surface area contributed by atoms with E-state index in [-0.39, 0.29) is 5.69 Å². The standard InChI is InChI=1S/C26H20N6O3/c1-33-21-11-17(12-22(34-2)24(21)35-3)23-26-31-19(13-27)25(29-15-16-7-6-10-28-14-16)32(26)20-9-5-4-8-18(20)30-23/h4-12,14-15H,1-3H3/b29-15+. The minimum Gasteiger partial charge on any atom is -0.493 e. The van der Waals surface area contributed by atoms with Crippen molar-refractivity contribution in [2.24, 2.45) is 4.99 Å². The van der Waals surface area contributed by atoms with E-state index in [2.05, 4.69) is 21.0 Å². The summed E-state index contributed by atoms with van der Waals surface area (Å²) in [6, 6.07) is 17.1. The van der Waals surface area contributed by atoms with Gasteiger partial charge in [0.2, 0.25) is 5.75 Å². The van der Waals surface area contributed by atoms with Gasteiger partial charge in [0.1, 0.15) is 11.8 Å². The predicted molar refractivity (Wildman–Crippen MR) is 132 cm³/mol. The fourth-order valence-corrected chi connectivity index (χ4v) is 3.91. The lowest BCUT2D eigenvalue weighted by Crippen LogP contribution is -1.99. The van der Waals surface area contributed by atoms with Gasteiger partial charge in [0.05, 0.1) is 32.4 Å². The fraction of sp³-hybridized carbons (Fsp3) is 0.115. The van der Waals surface area contributed by atoms with Gasteiger partial charge in [-0.15, -0.1) is 0 Å². The summed E-state index contributed by atoms with van der Waals surface area (Å²) in [5, 5.41) is 9.89. The molecule has 3 aromatic heterocycles. The first-order valence-corrected chi connectivity index (χ1v) is 10.6. The van der Waals surface area contributed by atoms with E-state index in [4.69, 9.17) is 19.2 Å². The minimum absolute atomic E-state index is 0.178. The van der Waals surface area contributed by atoms with E-state index >= 15 is 0 Å². The topological polar surface area (TPSA) is 107 Å². The molecule has 9 nitrogen and oxygen atoms in total. The predicted octanol–water partition coefficient (Wildman–Crippen LogP) is 4.59. The monoisotopic (exact) mass is 464 g/mol. The van der Waals surface area contributed by atoms with Crippen LogP contribution in [0, 0.1) is 11.3 Å². The highest BCUT2D eigenvalue weighted by Gasteiger charge is 2.22. The van der Waals surface area contributed by atoms with Gasteiger partial charge in [-0.05, 0) is 30.3 Å². The third-order valence-corrected chi connectivity index (χ3v) is 5.48. The van der Waals surface area contributed by atoms with Crippen LogP contribution in [0.1, 0.15) is 11.3 Å². The van der Waals surface area contributed by atoms with Gasteiger partial charge in [-0.25, -0.2) is 15.0 Å². The summed E-state index contributed by atoms with van der Waals surface area (Å²) in [6.45, 7) is 0. The number of nitriles is 1. The molecular weight excluding hydrogens is 444 g/mol. The Hall–Kier alpha value is -4.97. The van der Waals surface area contributed by atoms with Gasteiger partial charge in [-0.1, -0.05) is 18.2 Å². The first-order chi connectivity index (χ1) is 17.2. The molecule has 0 saturated heterocycles. The first-order valence-electron chi connectivity index (χ1n) is 10.6. The fourth-order valence-electron chi connectivity index (χ4n) is 3.91. The number of pyridine rings is 1. The van der Waals surface area contributed by atoms with Crippen molar-refractivity contribution in [3.05, 3.63) is 72.2 Å². The third kappa shape index (κ3) is 3.77. The maximum Gasteiger partial charge on any atom is 0.203 e. The Labute approximate surface area is 200 Å². The average molecular weight is 464 g/mol. The van der Waals surface area contributed by atoms with Crippen LogP contribution in [0.4, 0.5) is 5.82 Å². The molecule has 3 heterocycles. The lowest BCUT2D eigenvalue weighted by Gasteiger charge is -2.15. The molecule has 9 heteroatoms. The van der Waals surface area contributed by atoms with Gasteiger partial charge in [0.15, 0.2) is 28.7 Å². The molecule has 5 aromatic rings. The zero-order valence-corrected chi connectivity index (χ0v) is 19.3. The molecule has 2 aromatic carbocycles. The van der Waals surface area contributed by atoms with Gasteiger partial charge in [0.25, 0.3) is 0 Å². The molecule has 0 N–H and O–H groups in total. The highest BCUT2D eigenvalue weighted by Crippen LogP contribution is 2.42. The Morgan fingerprint density at radius 1 is 0.971 bits per heavy atom. The minimum atomic E-state index is 0.178. The summed E-state index contributed by atoms with van der Waals surface area (Å²) >= 11 is 0. The quantitative estimate of drug-likeness (QED) is 0.338. The molecule has 0 aliphatic carbocycles. The highest BCUT2D eigenvalue weighted by atomic mass is 16.5. The SMILES string of the molecule is COc1cc(-c2nc3ccccc3n3c(/N=C/c4cccnc4)c(C#N)nc23)cc(OC)c1OC. The van der Waals surface area contributed by atoms with Gasteiger partial charge in [-0.3, -0.25) is 9.38 Å². The normalized spacial score (nSPS) is 11.1. The lowest BCUT2D eigenvalue weighted by atomic mass is 10.1. The number of nitrogens with zero attached hydrogens (tertiary/aromatic N) is 6. The molecule has 35 heavy (non-hydrogen) atoms. The number of imidazole rings is 1. The largest absolute Gasteiger partial charge is 0.493 e. The van der Waals surface area contributed by atoms with Crippen molar-refractivity contribution in [2.75, 3.05) is 21.3 Å². The second kappa shape index (κ2) is 9.11. The number of hydrogen-bond donors (Lipinski definition) is 0. The molecule has 0 radical (unpaired) electrons. The molecule has 5 rings (SSSR count). The summed E-state index contributed by atoms with van der Waals surface area (Å²) < 4.78 is 18.4. The maximum absolute atomic E-state index is 9.89. The van der Waals surface area contributed by atoms with Crippen LogP contribution in [0.5, 0.6) is 17.2 Å². The van der Waals surface area contributed by atoms with Crippen LogP contribution in [-0.4, -0.2) is 46.9 Å². The van der Waals surface area contributed by atoms with Crippen LogP contribution in [-0.2, 0) is 0 Å². The highest BCUT2D eigenvalue weighted by molar-refractivity contribution is 5.90. The molecule has 0 amide bonds. The second-order valence-corrected chi connectivity index (χ2v) is 7.46. The number of aromatic nitrogens is 4. The Kier molecular flexibility index (Phi) is 5.69. The first kappa shape index (κ1) is 21.9. The zero-order chi connectivity index (χ0) is 24.4. The number of para-hydroxylation sites is 2. The Morgan fingerprint density at radius 2 is 1.74 bits per heavy atom. The number of methoxy groups -OCH3 is 3. The van der Waals surface area contributed by atoms with E-state index in [1.807, 2.05) is 40.8 Å². The van der Waals surface area contributed by atoms with E-state index in [0.717, 1.165) is 11.1 Å². The van der Waals surface area contributed by atoms with Crippen molar-refractivity contribution in [2.45, 2.75) is 0 Å². The Bertz CT molecular complexity index is 1590. The van der Waals surface area contributed by atoms with Crippen molar-refractivity contribution >= 4 is 28.7 Å². The van der Waals surface area contributed by atoms with Crippen LogP contribution in [0.2, 0.25) is 0 Å². The van der Waals surface area contributed by atoms with Crippen LogP contribution in [0.3, 0.4) is 0 Å². The van der Waals surface area contributed by atoms with Gasteiger partial charge < -0.3 is 14.2 Å². The van der Waals surface area contributed by atoms with Crippen molar-refractivity contribution in [3.8, 4) is 34.6 Å². The molecular formula is C26H20N6O3. The number of rotatable bonds is 6. The lowest BCUT2D eigenvalue weighted by molar-refractivity contribution is 0.324. The Morgan fingerprint density at radius 3 is 2.40 bits per heavy atom. The average Bonchev–Trinajstić information content (AvgIpc) is 3.30. The van der Waals surface area contributed by atoms with Crippen LogP contribution in [0.25, 0.3) is 27.9 Å². The number of aliphatic imine (C=N–C) groups is 1. The Balaban J connectivity index is 1.84. The van der Waals surface area contributed by atoms with Crippen LogP contribution in [0.15, 0.2) is 65.9 Å². The van der Waals surface area contributed by atoms with E-state index < -0.39 is 0 Å². The maximum atomic E-state index is 9.89. The summed E-state index contributed by atoms with van der Waals surface area (Å²) in [5.41, 5.74) is 4.17. The van der Waals surface area contributed by atoms with E-state index in [1.54, 1.807) is 52.1 Å². The van der Waals surface area contributed by atoms with Crippen molar-refractivity contribution in [1.29, 1.82) is 5.26 Å². The van der Waals surface area contributed by atoms with E-state index in [9.17, 15) is 5.26 Å². The van der Waals surface area contributed by atoms with Gasteiger partial charge in [0, 0.05) is 29.7 Å². The molecule has 0 fully saturated rings. The smallest absolute Gasteiger partial charge is 0.203 e. The number of fused-ring (bicyclic) bond motifs is 3. The van der Waals surface area contributed by atoms with E-state index in [1.165, 1.54) is 0 Å². The van der Waals surface area contributed by atoms with Crippen LogP contribution >= 0.6 is 0 Å². The molecule has 0 aliphatic heterocycles. The summed E-state index contributed by atoms with van der Waals surface area (Å²) in [5.74, 6) is 1.84. The second-order valence-electron chi connectivity index (χ2n) is 7.46. The molecule has 0 aliphatic rings. The summed E-state index contributed by atoms with van der Waals surface area (Å²) in [4.78, 5) is 18.2. The van der Waals surface area contributed by atoms with Gasteiger partial charge >= 0.3 is 0 Å². The molecule has 0 saturated carbocycles. The molecule has 0 bridgehead atoms. The van der Waals surface area contributed by atoms with Crippen molar-refractivity contribution in [1.82, 2.24) is 19.4 Å². The summed E-state index contributed by atoms with van der Waals surface area (Å²) in [6.07, 6.45) is 5.04. The molecule has 0 unspecified atom stereocenters. The molecule has 0 spiro atoms. The van der Waals surface area contributed by atoms with Gasteiger partial charge in [-0.2, -0.15) is 5.26 Å².